The predicted molar refractivity (Wildman–Crippen MR) is 134 cm³/mol. The molecule has 0 amide bonds. The van der Waals surface area contributed by atoms with Crippen molar-refractivity contribution in [3.63, 3.8) is 0 Å². The lowest BCUT2D eigenvalue weighted by molar-refractivity contribution is -0.289. The summed E-state index contributed by atoms with van der Waals surface area (Å²) in [5.41, 5.74) is -2.48. The van der Waals surface area contributed by atoms with Crippen molar-refractivity contribution in [2.45, 2.75) is 48.7 Å². The maximum absolute atomic E-state index is 12.9. The Balaban J connectivity index is 1.37. The molecule has 8 atom stereocenters. The molecule has 2 aliphatic heterocycles. The third kappa shape index (κ3) is 5.30. The lowest BCUT2D eigenvalue weighted by atomic mass is 9.99. The van der Waals surface area contributed by atoms with Crippen LogP contribution in [0.25, 0.3) is 22.3 Å². The molecule has 2 aliphatic rings. The van der Waals surface area contributed by atoms with Gasteiger partial charge in [-0.1, -0.05) is 0 Å². The lowest BCUT2D eigenvalue weighted by Gasteiger charge is -2.40. The second-order valence-corrected chi connectivity index (χ2v) is 9.82. The first-order chi connectivity index (χ1) is 19.4. The number of benzene rings is 2. The van der Waals surface area contributed by atoms with Crippen LogP contribution in [0.4, 0.5) is 0 Å². The van der Waals surface area contributed by atoms with Gasteiger partial charge in [0.25, 0.3) is 0 Å². The number of aliphatic hydroxyl groups excluding tert-OH is 5. The zero-order valence-electron chi connectivity index (χ0n) is 21.1. The second kappa shape index (κ2) is 11.1. The van der Waals surface area contributed by atoms with Gasteiger partial charge in [0.1, 0.15) is 58.6 Å². The topological polar surface area (TPSA) is 249 Å². The van der Waals surface area contributed by atoms with Crippen molar-refractivity contribution in [2.24, 2.45) is 0 Å². The van der Waals surface area contributed by atoms with Crippen LogP contribution in [0.1, 0.15) is 0 Å². The van der Waals surface area contributed by atoms with Crippen LogP contribution in [0, 0.1) is 0 Å². The highest BCUT2D eigenvalue weighted by atomic mass is 16.7. The molecule has 1 aromatic heterocycles. The Labute approximate surface area is 230 Å². The highest BCUT2D eigenvalue weighted by Gasteiger charge is 2.50. The van der Waals surface area contributed by atoms with Crippen LogP contribution < -0.4 is 10.2 Å². The number of aliphatic hydroxyl groups is 6. The second-order valence-electron chi connectivity index (χ2n) is 9.82. The normalized spacial score (nSPS) is 31.9. The first kappa shape index (κ1) is 29.0. The summed E-state index contributed by atoms with van der Waals surface area (Å²) in [6.45, 7) is -1.82. The van der Waals surface area contributed by atoms with E-state index in [1.807, 2.05) is 0 Å². The maximum Gasteiger partial charge on any atom is 0.229 e. The molecule has 0 spiro atoms. The van der Waals surface area contributed by atoms with Crippen LogP contribution in [-0.2, 0) is 14.2 Å². The molecule has 5 rings (SSSR count). The maximum atomic E-state index is 12.9. The Hall–Kier alpha value is -3.51. The fourth-order valence-corrected chi connectivity index (χ4v) is 4.55. The van der Waals surface area contributed by atoms with E-state index >= 15 is 0 Å². The summed E-state index contributed by atoms with van der Waals surface area (Å²) in [6.07, 6.45) is -11.8. The lowest BCUT2D eigenvalue weighted by Crippen LogP contribution is -2.60. The van der Waals surface area contributed by atoms with Crippen LogP contribution in [-0.4, -0.2) is 114 Å². The molecule has 3 heterocycles. The van der Waals surface area contributed by atoms with Crippen molar-refractivity contribution >= 4 is 11.0 Å². The number of fused-ring (bicyclic) bond motifs is 1. The number of ether oxygens (including phenoxy) is 4. The molecule has 0 unspecified atom stereocenters. The van der Waals surface area contributed by atoms with Crippen LogP contribution in [0.3, 0.4) is 0 Å². The highest BCUT2D eigenvalue weighted by molar-refractivity contribution is 5.89. The largest absolute Gasteiger partial charge is 0.508 e. The molecule has 2 saturated heterocycles. The third-order valence-electron chi connectivity index (χ3n) is 6.99. The molecule has 0 aliphatic carbocycles. The molecule has 2 aromatic carbocycles. The summed E-state index contributed by atoms with van der Waals surface area (Å²) in [4.78, 5) is 12.9. The molecule has 3 aromatic rings. The molecule has 9 N–H and O–H groups in total. The van der Waals surface area contributed by atoms with Crippen LogP contribution in [0.2, 0.25) is 0 Å². The SMILES string of the molecule is O=c1cc(-c2ccc(O)cc2)oc2cc(O)c(O[C@@H]3O[C@H](CO[C@@H]4OC[C@](O)(CO)[C@H]4O)[C@@H](O)[C@H](O)[C@H]3O)c(O)c12. The fourth-order valence-electron chi connectivity index (χ4n) is 4.55. The first-order valence-electron chi connectivity index (χ1n) is 12.4. The van der Waals surface area contributed by atoms with Crippen molar-refractivity contribution in [3.05, 3.63) is 46.6 Å². The minimum Gasteiger partial charge on any atom is -0.508 e. The molecule has 15 heteroatoms. The van der Waals surface area contributed by atoms with E-state index in [0.29, 0.717) is 5.56 Å². The van der Waals surface area contributed by atoms with Crippen molar-refractivity contribution in [1.82, 2.24) is 0 Å². The van der Waals surface area contributed by atoms with E-state index in [1.54, 1.807) is 0 Å². The number of hydrogen-bond donors (Lipinski definition) is 9. The minimum atomic E-state index is -1.97. The van der Waals surface area contributed by atoms with Gasteiger partial charge in [-0.05, 0) is 24.3 Å². The van der Waals surface area contributed by atoms with Gasteiger partial charge in [-0.3, -0.25) is 4.79 Å². The Morgan fingerprint density at radius 2 is 1.66 bits per heavy atom. The smallest absolute Gasteiger partial charge is 0.229 e. The Kier molecular flexibility index (Phi) is 7.82. The quantitative estimate of drug-likeness (QED) is 0.150. The molecule has 0 saturated carbocycles. The Bertz CT molecular complexity index is 1460. The summed E-state index contributed by atoms with van der Waals surface area (Å²) in [6, 6.07) is 7.80. The first-order valence-corrected chi connectivity index (χ1v) is 12.4. The highest BCUT2D eigenvalue weighted by Crippen LogP contribution is 2.43. The molecule has 0 bridgehead atoms. The van der Waals surface area contributed by atoms with Gasteiger partial charge in [0.2, 0.25) is 12.0 Å². The fraction of sp³-hybridized carbons (Fsp3) is 0.423. The summed E-state index contributed by atoms with van der Waals surface area (Å²) >= 11 is 0. The van der Waals surface area contributed by atoms with Crippen LogP contribution in [0.5, 0.6) is 23.0 Å². The molecule has 2 fully saturated rings. The van der Waals surface area contributed by atoms with Gasteiger partial charge in [-0.2, -0.15) is 0 Å². The molecular weight excluding hydrogens is 552 g/mol. The van der Waals surface area contributed by atoms with Gasteiger partial charge in [0.15, 0.2) is 23.2 Å². The summed E-state index contributed by atoms with van der Waals surface area (Å²) < 4.78 is 27.1. The van der Waals surface area contributed by atoms with Crippen molar-refractivity contribution < 1.29 is 69.3 Å². The molecule has 222 valence electrons. The van der Waals surface area contributed by atoms with E-state index in [2.05, 4.69) is 0 Å². The average molecular weight is 580 g/mol. The van der Waals surface area contributed by atoms with E-state index in [4.69, 9.17) is 23.4 Å². The van der Waals surface area contributed by atoms with Gasteiger partial charge in [0, 0.05) is 17.7 Å². The molecule has 0 radical (unpaired) electrons. The van der Waals surface area contributed by atoms with E-state index in [1.165, 1.54) is 24.3 Å². The standard InChI is InChI=1S/C26H28O15/c27-8-26(36)9-38-25(23(26)35)37-7-16-18(31)20(33)21(34)24(40-16)41-22-13(30)6-15-17(19(22)32)12(29)5-14(39-15)10-1-3-11(28)4-2-10/h1-6,16,18,20-21,23-25,27-28,30-36H,7-9H2/t16-,18-,20+,21-,23+,24+,25-,26-/m1/s1. The van der Waals surface area contributed by atoms with E-state index in [-0.39, 0.29) is 22.5 Å². The monoisotopic (exact) mass is 580 g/mol. The van der Waals surface area contributed by atoms with Crippen LogP contribution >= 0.6 is 0 Å². The van der Waals surface area contributed by atoms with Gasteiger partial charge in [-0.15, -0.1) is 0 Å². The predicted octanol–water partition coefficient (Wildman–Crippen LogP) is -1.78. The Morgan fingerprint density at radius 1 is 0.951 bits per heavy atom. The molecule has 15 nitrogen and oxygen atoms in total. The van der Waals surface area contributed by atoms with Crippen molar-refractivity contribution in [1.29, 1.82) is 0 Å². The van der Waals surface area contributed by atoms with Crippen LogP contribution in [0.15, 0.2) is 45.6 Å². The van der Waals surface area contributed by atoms with E-state index < -0.39 is 91.2 Å². The summed E-state index contributed by atoms with van der Waals surface area (Å²) in [5.74, 6) is -2.21. The number of rotatable bonds is 7. The van der Waals surface area contributed by atoms with Gasteiger partial charge >= 0.3 is 0 Å². The van der Waals surface area contributed by atoms with Crippen molar-refractivity contribution in [3.8, 4) is 34.3 Å². The number of hydrogen-bond acceptors (Lipinski definition) is 15. The summed E-state index contributed by atoms with van der Waals surface area (Å²) in [5, 5.41) is 91.2. The van der Waals surface area contributed by atoms with E-state index in [0.717, 1.165) is 12.1 Å². The number of phenolic OH excluding ortho intramolecular Hbond substituents is 3. The average Bonchev–Trinajstić information content (AvgIpc) is 3.23. The van der Waals surface area contributed by atoms with Gasteiger partial charge in [0.05, 0.1) is 19.8 Å². The van der Waals surface area contributed by atoms with Crippen molar-refractivity contribution in [2.75, 3.05) is 19.8 Å². The molecular formula is C26H28O15. The zero-order chi connectivity index (χ0) is 29.6. The summed E-state index contributed by atoms with van der Waals surface area (Å²) in [7, 11) is 0. The van der Waals surface area contributed by atoms with Gasteiger partial charge in [-0.25, -0.2) is 0 Å². The number of aromatic hydroxyl groups is 3. The number of phenols is 3. The van der Waals surface area contributed by atoms with Gasteiger partial charge < -0.3 is 69.3 Å². The third-order valence-corrected chi connectivity index (χ3v) is 6.99. The van der Waals surface area contributed by atoms with E-state index in [9.17, 15) is 50.8 Å². The zero-order valence-corrected chi connectivity index (χ0v) is 21.1. The molecule has 41 heavy (non-hydrogen) atoms. The minimum absolute atomic E-state index is 0.00845. The Morgan fingerprint density at radius 3 is 2.32 bits per heavy atom.